The van der Waals surface area contributed by atoms with Gasteiger partial charge in [-0.1, -0.05) is 39.5 Å². The van der Waals surface area contributed by atoms with Crippen LogP contribution < -0.4 is 10.6 Å². The minimum absolute atomic E-state index is 0. The van der Waals surface area contributed by atoms with Gasteiger partial charge in [0.25, 0.3) is 0 Å². The van der Waals surface area contributed by atoms with Crippen molar-refractivity contribution in [3.63, 3.8) is 0 Å². The summed E-state index contributed by atoms with van der Waals surface area (Å²) in [7, 11) is 4.41. The predicted octanol–water partition coefficient (Wildman–Crippen LogP) is 3.01. The first-order valence-corrected chi connectivity index (χ1v) is 9.93. The molecule has 1 saturated heterocycles. The van der Waals surface area contributed by atoms with Gasteiger partial charge in [0.2, 0.25) is 0 Å². The molecule has 2 N–H and O–H groups in total. The van der Waals surface area contributed by atoms with Crippen molar-refractivity contribution in [1.82, 2.24) is 20.4 Å². The molecule has 1 aliphatic heterocycles. The van der Waals surface area contributed by atoms with Crippen molar-refractivity contribution in [2.24, 2.45) is 10.9 Å². The zero-order chi connectivity index (χ0) is 17.8. The van der Waals surface area contributed by atoms with Crippen molar-refractivity contribution in [1.29, 1.82) is 0 Å². The van der Waals surface area contributed by atoms with Gasteiger partial charge in [-0.3, -0.25) is 9.89 Å². The lowest BCUT2D eigenvalue weighted by molar-refractivity contribution is 0.119. The summed E-state index contributed by atoms with van der Waals surface area (Å²) in [5.74, 6) is 1.81. The highest BCUT2D eigenvalue weighted by atomic mass is 127. The van der Waals surface area contributed by atoms with Crippen molar-refractivity contribution >= 4 is 29.9 Å². The van der Waals surface area contributed by atoms with Crippen molar-refractivity contribution in [2.45, 2.75) is 58.9 Å². The normalized spacial score (nSPS) is 19.8. The van der Waals surface area contributed by atoms with Crippen molar-refractivity contribution < 1.29 is 0 Å². The molecule has 0 amide bonds. The Morgan fingerprint density at radius 1 is 1.08 bits per heavy atom. The molecule has 0 radical (unpaired) electrons. The Morgan fingerprint density at radius 2 is 1.80 bits per heavy atom. The average molecular weight is 467 g/mol. The molecule has 0 bridgehead atoms. The van der Waals surface area contributed by atoms with E-state index in [4.69, 9.17) is 4.99 Å². The second kappa shape index (κ2) is 15.0. The fraction of sp³-hybridized carbons (Fsp3) is 0.947. The summed E-state index contributed by atoms with van der Waals surface area (Å²) in [6.07, 6.45) is 6.63. The van der Waals surface area contributed by atoms with Crippen LogP contribution in [-0.2, 0) is 0 Å². The van der Waals surface area contributed by atoms with Crippen molar-refractivity contribution in [2.75, 3.05) is 53.4 Å². The molecule has 25 heavy (non-hydrogen) atoms. The first kappa shape index (κ1) is 24.9. The van der Waals surface area contributed by atoms with Gasteiger partial charge < -0.3 is 15.5 Å². The quantitative estimate of drug-likeness (QED) is 0.224. The van der Waals surface area contributed by atoms with Crippen LogP contribution in [0, 0.1) is 5.92 Å². The molecule has 5 nitrogen and oxygen atoms in total. The van der Waals surface area contributed by atoms with E-state index < -0.39 is 0 Å². The van der Waals surface area contributed by atoms with Crippen LogP contribution in [0.25, 0.3) is 0 Å². The molecule has 1 aliphatic rings. The third-order valence-corrected chi connectivity index (χ3v) is 4.79. The Kier molecular flexibility index (Phi) is 15.0. The molecule has 150 valence electrons. The number of piperazine rings is 1. The minimum Gasteiger partial charge on any atom is -0.357 e. The monoisotopic (exact) mass is 467 g/mol. The lowest BCUT2D eigenvalue weighted by Gasteiger charge is -2.36. The molecule has 0 aromatic rings. The minimum atomic E-state index is 0. The molecular formula is C19H42IN5. The highest BCUT2D eigenvalue weighted by Crippen LogP contribution is 2.09. The molecular weight excluding hydrogens is 425 g/mol. The van der Waals surface area contributed by atoms with Crippen molar-refractivity contribution in [3.05, 3.63) is 0 Å². The van der Waals surface area contributed by atoms with Gasteiger partial charge in [-0.25, -0.2) is 0 Å². The maximum Gasteiger partial charge on any atom is 0.191 e. The number of nitrogens with one attached hydrogen (secondary N) is 2. The fourth-order valence-corrected chi connectivity index (χ4v) is 3.07. The van der Waals surface area contributed by atoms with Gasteiger partial charge >= 0.3 is 0 Å². The lowest BCUT2D eigenvalue weighted by Crippen LogP contribution is -2.51. The summed E-state index contributed by atoms with van der Waals surface area (Å²) in [6, 6.07) is 0.523. The molecule has 1 unspecified atom stereocenters. The molecule has 1 rings (SSSR count). The molecule has 1 fully saturated rings. The van der Waals surface area contributed by atoms with Gasteiger partial charge in [-0.15, -0.1) is 24.0 Å². The Balaban J connectivity index is 0.00000576. The Labute approximate surface area is 173 Å². The summed E-state index contributed by atoms with van der Waals surface area (Å²) in [5.41, 5.74) is 0. The van der Waals surface area contributed by atoms with Crippen LogP contribution in [0.1, 0.15) is 52.9 Å². The summed E-state index contributed by atoms with van der Waals surface area (Å²) in [4.78, 5) is 9.64. The number of guanidine groups is 1. The van der Waals surface area contributed by atoms with Gasteiger partial charge in [-0.2, -0.15) is 0 Å². The number of likely N-dealkylation sites (N-methyl/N-ethyl adjacent to an activating group) is 2. The Hall–Kier alpha value is -0.0800. The van der Waals surface area contributed by atoms with E-state index >= 15 is 0 Å². The van der Waals surface area contributed by atoms with E-state index in [1.807, 2.05) is 0 Å². The number of aliphatic imine (C=N–C) groups is 1. The number of halogens is 1. The lowest BCUT2D eigenvalue weighted by atomic mass is 10.0. The number of nitrogens with zero attached hydrogens (tertiary/aromatic N) is 3. The largest absolute Gasteiger partial charge is 0.357 e. The van der Waals surface area contributed by atoms with Crippen LogP contribution in [0.2, 0.25) is 0 Å². The van der Waals surface area contributed by atoms with Gasteiger partial charge in [0.15, 0.2) is 5.96 Å². The van der Waals surface area contributed by atoms with Gasteiger partial charge in [0.1, 0.15) is 0 Å². The topological polar surface area (TPSA) is 42.9 Å². The molecule has 0 saturated carbocycles. The third-order valence-electron chi connectivity index (χ3n) is 4.79. The van der Waals surface area contributed by atoms with Gasteiger partial charge in [0, 0.05) is 38.8 Å². The second-order valence-corrected chi connectivity index (χ2v) is 7.64. The molecule has 6 heteroatoms. The number of hydrogen-bond donors (Lipinski definition) is 2. The van der Waals surface area contributed by atoms with Crippen LogP contribution in [0.15, 0.2) is 4.99 Å². The van der Waals surface area contributed by atoms with E-state index in [0.29, 0.717) is 6.04 Å². The van der Waals surface area contributed by atoms with E-state index in [2.05, 4.69) is 55.3 Å². The summed E-state index contributed by atoms with van der Waals surface area (Å²) in [6.45, 7) is 12.9. The zero-order valence-electron chi connectivity index (χ0n) is 17.2. The van der Waals surface area contributed by atoms with Crippen LogP contribution in [0.3, 0.4) is 0 Å². The number of unbranched alkanes of at least 4 members (excludes halogenated alkanes) is 3. The van der Waals surface area contributed by atoms with E-state index in [9.17, 15) is 0 Å². The highest BCUT2D eigenvalue weighted by Gasteiger charge is 2.21. The van der Waals surface area contributed by atoms with Crippen LogP contribution in [-0.4, -0.2) is 75.2 Å². The molecule has 1 heterocycles. The summed E-state index contributed by atoms with van der Waals surface area (Å²) < 4.78 is 0. The van der Waals surface area contributed by atoms with E-state index in [-0.39, 0.29) is 24.0 Å². The van der Waals surface area contributed by atoms with Crippen LogP contribution in [0.4, 0.5) is 0 Å². The first-order valence-electron chi connectivity index (χ1n) is 9.93. The average Bonchev–Trinajstić information content (AvgIpc) is 2.54. The highest BCUT2D eigenvalue weighted by molar-refractivity contribution is 14.0. The smallest absolute Gasteiger partial charge is 0.191 e. The van der Waals surface area contributed by atoms with E-state index in [0.717, 1.165) is 51.1 Å². The number of rotatable bonds is 10. The standard InChI is InChI=1S/C19H41N5.HI/c1-6-20-19(21-12-10-8-7-9-11-17(2)3)22-15-18-16-23(4)13-14-24(18)5;/h17-18H,6-16H2,1-5H3,(H2,20,21,22);1H. The third kappa shape index (κ3) is 12.0. The molecule has 1 atom stereocenters. The molecule has 0 aliphatic carbocycles. The summed E-state index contributed by atoms with van der Waals surface area (Å²) >= 11 is 0. The predicted molar refractivity (Wildman–Crippen MR) is 121 cm³/mol. The second-order valence-electron chi connectivity index (χ2n) is 7.64. The Morgan fingerprint density at radius 3 is 2.48 bits per heavy atom. The van der Waals surface area contributed by atoms with Gasteiger partial charge in [-0.05, 0) is 33.4 Å². The maximum atomic E-state index is 4.81. The fourth-order valence-electron chi connectivity index (χ4n) is 3.07. The SMILES string of the molecule is CCNC(=NCC1CN(C)CCN1C)NCCCCCCC(C)C.I. The number of hydrogen-bond acceptors (Lipinski definition) is 3. The van der Waals surface area contributed by atoms with E-state index in [1.165, 1.54) is 32.1 Å². The molecule has 0 aromatic carbocycles. The Bertz CT molecular complexity index is 349. The first-order chi connectivity index (χ1) is 11.5. The summed E-state index contributed by atoms with van der Waals surface area (Å²) in [5, 5.41) is 6.86. The zero-order valence-corrected chi connectivity index (χ0v) is 19.5. The van der Waals surface area contributed by atoms with Crippen LogP contribution >= 0.6 is 24.0 Å². The maximum absolute atomic E-state index is 4.81. The van der Waals surface area contributed by atoms with Crippen molar-refractivity contribution in [3.8, 4) is 0 Å². The van der Waals surface area contributed by atoms with Gasteiger partial charge in [0.05, 0.1) is 6.54 Å². The van der Waals surface area contributed by atoms with E-state index in [1.54, 1.807) is 0 Å². The molecule has 0 spiro atoms. The van der Waals surface area contributed by atoms with Crippen LogP contribution in [0.5, 0.6) is 0 Å². The molecule has 0 aromatic heterocycles.